The summed E-state index contributed by atoms with van der Waals surface area (Å²) in [4.78, 5) is 37.3. The minimum atomic E-state index is -3.06. The largest absolute Gasteiger partial charge is 0.477 e. The standard InChI is InChI=1S/C42H52N2O18/c45-19-29-34(50)37(35(51)39(60-29)59-28-15-16-58-30(33(28)49)21-57-20-22-11-13-24(14-12-22)23-7-3-1-4-8-23)62-42(40(53)54)17-26(46)31(44-41(55)56)36(61-42)32(48)27(47)18-43-38(52)25-9-5-2-6-10-25/h1-14,26-37,39,44-51H,15-21H2,(H,43,52)(H,53,54)(H,55,56)/t26-,27+,28-,29-,30-,31+,32+,33+,34-,35-,36+,37+,39-,42+/m0/s1. The Hall–Kier alpha value is -4.65. The predicted octanol–water partition coefficient (Wildman–Crippen LogP) is -1.05. The van der Waals surface area contributed by atoms with E-state index < -0.39 is 123 Å². The predicted molar refractivity (Wildman–Crippen MR) is 211 cm³/mol. The molecule has 0 aliphatic carbocycles. The highest BCUT2D eigenvalue weighted by molar-refractivity contribution is 5.94. The maximum Gasteiger partial charge on any atom is 0.405 e. The summed E-state index contributed by atoms with van der Waals surface area (Å²) in [6.07, 6.45) is -23.7. The van der Waals surface area contributed by atoms with Crippen molar-refractivity contribution >= 4 is 18.0 Å². The molecule has 11 N–H and O–H groups in total. The average molecular weight is 873 g/mol. The van der Waals surface area contributed by atoms with E-state index in [9.17, 15) is 60.3 Å². The number of ether oxygens (including phenoxy) is 6. The lowest BCUT2D eigenvalue weighted by molar-refractivity contribution is -0.376. The van der Waals surface area contributed by atoms with E-state index in [4.69, 9.17) is 28.4 Å². The van der Waals surface area contributed by atoms with E-state index in [1.54, 1.807) is 18.2 Å². The van der Waals surface area contributed by atoms with Gasteiger partial charge in [0, 0.05) is 25.1 Å². The Morgan fingerprint density at radius 2 is 1.50 bits per heavy atom. The number of hydrogen-bond acceptors (Lipinski definition) is 16. The van der Waals surface area contributed by atoms with Gasteiger partial charge >= 0.3 is 12.1 Å². The summed E-state index contributed by atoms with van der Waals surface area (Å²) in [5, 5.41) is 102. The summed E-state index contributed by atoms with van der Waals surface area (Å²) >= 11 is 0. The zero-order valence-corrected chi connectivity index (χ0v) is 33.2. The third-order valence-electron chi connectivity index (χ3n) is 11.0. The lowest BCUT2D eigenvalue weighted by Crippen LogP contribution is -2.70. The van der Waals surface area contributed by atoms with Crippen LogP contribution in [0.1, 0.15) is 28.8 Å². The van der Waals surface area contributed by atoms with Crippen molar-refractivity contribution in [2.45, 2.75) is 105 Å². The number of aliphatic hydroxyl groups is 7. The van der Waals surface area contributed by atoms with Gasteiger partial charge in [-0.25, -0.2) is 9.59 Å². The van der Waals surface area contributed by atoms with E-state index in [2.05, 4.69) is 5.32 Å². The van der Waals surface area contributed by atoms with Crippen LogP contribution in [-0.2, 0) is 39.8 Å². The summed E-state index contributed by atoms with van der Waals surface area (Å²) in [5.41, 5.74) is 3.16. The summed E-state index contributed by atoms with van der Waals surface area (Å²) in [5.74, 6) is -5.68. The molecule has 3 aliphatic heterocycles. The first-order chi connectivity index (χ1) is 29.7. The van der Waals surface area contributed by atoms with Gasteiger partial charge in [0.15, 0.2) is 6.29 Å². The molecular weight excluding hydrogens is 820 g/mol. The number of amides is 2. The van der Waals surface area contributed by atoms with Crippen LogP contribution in [0.2, 0.25) is 0 Å². The van der Waals surface area contributed by atoms with Crippen molar-refractivity contribution < 1.29 is 88.8 Å². The van der Waals surface area contributed by atoms with Crippen molar-refractivity contribution in [3.05, 3.63) is 96.1 Å². The van der Waals surface area contributed by atoms with Gasteiger partial charge in [-0.15, -0.1) is 0 Å². The van der Waals surface area contributed by atoms with Crippen LogP contribution in [0.5, 0.6) is 0 Å². The van der Waals surface area contributed by atoms with Gasteiger partial charge in [0.05, 0.1) is 44.2 Å². The molecule has 0 spiro atoms. The van der Waals surface area contributed by atoms with E-state index in [1.807, 2.05) is 59.9 Å². The molecule has 2 amide bonds. The van der Waals surface area contributed by atoms with Crippen molar-refractivity contribution in [2.75, 3.05) is 26.4 Å². The Bertz CT molecular complexity index is 1910. The maximum absolute atomic E-state index is 13.0. The van der Waals surface area contributed by atoms with Gasteiger partial charge in [-0.2, -0.15) is 0 Å². The Morgan fingerprint density at radius 1 is 0.839 bits per heavy atom. The van der Waals surface area contributed by atoms with Gasteiger partial charge in [-0.3, -0.25) is 4.79 Å². The van der Waals surface area contributed by atoms with Crippen LogP contribution in [0.15, 0.2) is 84.9 Å². The molecule has 20 nitrogen and oxygen atoms in total. The van der Waals surface area contributed by atoms with Crippen LogP contribution >= 0.6 is 0 Å². The molecule has 0 saturated carbocycles. The van der Waals surface area contributed by atoms with Gasteiger partial charge in [-0.05, 0) is 35.2 Å². The molecule has 20 heteroatoms. The van der Waals surface area contributed by atoms with Gasteiger partial charge in [0.1, 0.15) is 48.8 Å². The molecule has 3 aliphatic rings. The molecule has 14 atom stereocenters. The number of aliphatic hydroxyl groups excluding tert-OH is 7. The van der Waals surface area contributed by atoms with Crippen LogP contribution < -0.4 is 10.6 Å². The lowest BCUT2D eigenvalue weighted by Gasteiger charge is -2.50. The van der Waals surface area contributed by atoms with Gasteiger partial charge in [-0.1, -0.05) is 72.8 Å². The van der Waals surface area contributed by atoms with Crippen LogP contribution in [0.4, 0.5) is 4.79 Å². The number of aliphatic carboxylic acids is 1. The van der Waals surface area contributed by atoms with Gasteiger partial charge in [0.2, 0.25) is 0 Å². The normalized spacial score (nSPS) is 32.3. The van der Waals surface area contributed by atoms with E-state index in [-0.39, 0.29) is 31.8 Å². The molecule has 0 radical (unpaired) electrons. The third-order valence-corrected chi connectivity index (χ3v) is 11.0. The summed E-state index contributed by atoms with van der Waals surface area (Å²) in [6, 6.07) is 23.6. The first kappa shape index (κ1) is 46.8. The number of rotatable bonds is 17. The quantitative estimate of drug-likeness (QED) is 0.0771. The van der Waals surface area contributed by atoms with Crippen molar-refractivity contribution in [3.63, 3.8) is 0 Å². The minimum absolute atomic E-state index is 0.0567. The highest BCUT2D eigenvalue weighted by Gasteiger charge is 2.60. The molecule has 338 valence electrons. The fourth-order valence-corrected chi connectivity index (χ4v) is 7.61. The molecule has 3 fully saturated rings. The topological polar surface area (TPSA) is 313 Å². The Kier molecular flexibility index (Phi) is 16.0. The lowest BCUT2D eigenvalue weighted by atomic mass is 9.88. The fourth-order valence-electron chi connectivity index (χ4n) is 7.61. The SMILES string of the molecule is O=C(O)N[C@H]1[C@H]([C@H](O)[C@H](O)CNC(=O)c2ccccc2)O[C@](O[C@H]2[C@H](O)[C@@H](O[C@H]3CCO[C@@H](COCc4ccc(-c5ccccc5)cc4)[C@@H]3O)O[C@@H](CO)[C@@H]2O)(C(=O)O)C[C@@H]1O. The van der Waals surface area contributed by atoms with Crippen molar-refractivity contribution in [2.24, 2.45) is 0 Å². The molecule has 62 heavy (non-hydrogen) atoms. The number of carbonyl (C=O) groups is 3. The van der Waals surface area contributed by atoms with Crippen LogP contribution in [0, 0.1) is 0 Å². The highest BCUT2D eigenvalue weighted by atomic mass is 16.8. The molecule has 3 aromatic rings. The van der Waals surface area contributed by atoms with Crippen LogP contribution in [-0.4, -0.2) is 176 Å². The Labute approximate surface area is 355 Å². The van der Waals surface area contributed by atoms with Gasteiger partial charge in [0.25, 0.3) is 11.7 Å². The van der Waals surface area contributed by atoms with E-state index in [0.717, 1.165) is 16.7 Å². The molecular formula is C42H52N2O18. The molecule has 0 unspecified atom stereocenters. The first-order valence-electron chi connectivity index (χ1n) is 20.0. The molecule has 0 aromatic heterocycles. The zero-order chi connectivity index (χ0) is 44.6. The molecule has 3 saturated heterocycles. The summed E-state index contributed by atoms with van der Waals surface area (Å²) in [7, 11) is 0. The highest BCUT2D eigenvalue weighted by Crippen LogP contribution is 2.38. The number of benzene rings is 3. The second-order valence-corrected chi connectivity index (χ2v) is 15.3. The summed E-state index contributed by atoms with van der Waals surface area (Å²) < 4.78 is 34.7. The van der Waals surface area contributed by atoms with Crippen LogP contribution in [0.25, 0.3) is 11.1 Å². The summed E-state index contributed by atoms with van der Waals surface area (Å²) in [6.45, 7) is -1.32. The molecule has 0 bridgehead atoms. The van der Waals surface area contributed by atoms with E-state index >= 15 is 0 Å². The Balaban J connectivity index is 1.12. The van der Waals surface area contributed by atoms with Crippen molar-refractivity contribution in [1.29, 1.82) is 0 Å². The van der Waals surface area contributed by atoms with Gasteiger partial charge < -0.3 is 85.0 Å². The minimum Gasteiger partial charge on any atom is -0.477 e. The number of carboxylic acid groups (broad SMARTS) is 2. The van der Waals surface area contributed by atoms with E-state index in [1.165, 1.54) is 12.1 Å². The second-order valence-electron chi connectivity index (χ2n) is 15.3. The monoisotopic (exact) mass is 872 g/mol. The molecule has 3 heterocycles. The smallest absolute Gasteiger partial charge is 0.405 e. The zero-order valence-electron chi connectivity index (χ0n) is 33.2. The second kappa shape index (κ2) is 21.1. The Morgan fingerprint density at radius 3 is 2.15 bits per heavy atom. The van der Waals surface area contributed by atoms with E-state index in [0.29, 0.717) is 0 Å². The molecule has 3 aromatic carbocycles. The number of hydrogen-bond donors (Lipinski definition) is 11. The number of nitrogens with one attached hydrogen (secondary N) is 2. The maximum atomic E-state index is 13.0. The first-order valence-corrected chi connectivity index (χ1v) is 20.0. The number of carbonyl (C=O) groups excluding carboxylic acids is 1. The fraction of sp³-hybridized carbons (Fsp3) is 0.500. The van der Waals surface area contributed by atoms with Crippen molar-refractivity contribution in [1.82, 2.24) is 10.6 Å². The molecule has 6 rings (SSSR count). The third kappa shape index (κ3) is 11.1. The average Bonchev–Trinajstić information content (AvgIpc) is 3.27. The van der Waals surface area contributed by atoms with Crippen molar-refractivity contribution in [3.8, 4) is 11.1 Å². The number of carboxylic acids is 1. The van der Waals surface area contributed by atoms with Crippen LogP contribution in [0.3, 0.4) is 0 Å².